The molecular formula is C22H26O10. The van der Waals surface area contributed by atoms with E-state index in [0.717, 1.165) is 0 Å². The molecule has 1 unspecified atom stereocenters. The van der Waals surface area contributed by atoms with E-state index < -0.39 is 81.8 Å². The lowest BCUT2D eigenvalue weighted by Crippen LogP contribution is -2.66. The molecule has 4 saturated heterocycles. The molecule has 0 aromatic rings. The Morgan fingerprint density at radius 1 is 1.09 bits per heavy atom. The summed E-state index contributed by atoms with van der Waals surface area (Å²) in [5.74, 6) is -4.25. The Hall–Kier alpha value is -2.20. The molecular weight excluding hydrogens is 424 g/mol. The van der Waals surface area contributed by atoms with Gasteiger partial charge >= 0.3 is 23.9 Å². The first kappa shape index (κ1) is 20.4. The molecule has 0 radical (unpaired) electrons. The Kier molecular flexibility index (Phi) is 3.38. The third kappa shape index (κ3) is 1.63. The predicted molar refractivity (Wildman–Crippen MR) is 100 cm³/mol. The minimum atomic E-state index is -2.01. The number of aliphatic hydroxyl groups is 1. The first-order valence-corrected chi connectivity index (χ1v) is 11.0. The van der Waals surface area contributed by atoms with Gasteiger partial charge in [0.1, 0.15) is 12.2 Å². The van der Waals surface area contributed by atoms with Crippen LogP contribution in [0.25, 0.3) is 0 Å². The Labute approximate surface area is 183 Å². The van der Waals surface area contributed by atoms with Gasteiger partial charge in [-0.25, -0.2) is 9.59 Å². The number of rotatable bonds is 1. The van der Waals surface area contributed by atoms with Gasteiger partial charge in [-0.3, -0.25) is 9.59 Å². The molecule has 6 aliphatic rings. The van der Waals surface area contributed by atoms with Crippen LogP contribution in [0.3, 0.4) is 0 Å². The lowest BCUT2D eigenvalue weighted by molar-refractivity contribution is -0.238. The van der Waals surface area contributed by atoms with Gasteiger partial charge in [0.15, 0.2) is 5.60 Å². The van der Waals surface area contributed by atoms with Gasteiger partial charge in [0.25, 0.3) is 0 Å². The summed E-state index contributed by atoms with van der Waals surface area (Å²) in [7, 11) is 0. The third-order valence-corrected chi connectivity index (χ3v) is 9.22. The molecule has 10 atom stereocenters. The average molecular weight is 450 g/mol. The monoisotopic (exact) mass is 450 g/mol. The van der Waals surface area contributed by atoms with Gasteiger partial charge in [-0.15, -0.1) is 0 Å². The normalized spacial score (nSPS) is 54.5. The second-order valence-electron chi connectivity index (χ2n) is 11.2. The van der Waals surface area contributed by atoms with E-state index in [1.165, 1.54) is 13.8 Å². The molecule has 0 aromatic carbocycles. The second kappa shape index (κ2) is 5.30. The highest BCUT2D eigenvalue weighted by molar-refractivity contribution is 5.93. The molecule has 2 saturated carbocycles. The molecule has 1 N–H and O–H groups in total. The smallest absolute Gasteiger partial charge is 0.350 e. The van der Waals surface area contributed by atoms with Crippen molar-refractivity contribution in [3.63, 3.8) is 0 Å². The van der Waals surface area contributed by atoms with Crippen molar-refractivity contribution in [3.8, 4) is 0 Å². The maximum Gasteiger partial charge on any atom is 0.350 e. The molecule has 6 fully saturated rings. The van der Waals surface area contributed by atoms with Gasteiger partial charge in [-0.2, -0.15) is 0 Å². The molecule has 0 aromatic heterocycles. The molecule has 0 bridgehead atoms. The van der Waals surface area contributed by atoms with E-state index in [1.54, 1.807) is 0 Å². The van der Waals surface area contributed by atoms with Crippen molar-refractivity contribution in [1.29, 1.82) is 0 Å². The van der Waals surface area contributed by atoms with Gasteiger partial charge in [0, 0.05) is 13.3 Å². The Bertz CT molecular complexity index is 999. The van der Waals surface area contributed by atoms with Crippen LogP contribution >= 0.6 is 0 Å². The van der Waals surface area contributed by atoms with Gasteiger partial charge in [0.05, 0.1) is 16.7 Å². The first-order chi connectivity index (χ1) is 14.8. The van der Waals surface area contributed by atoms with E-state index in [2.05, 4.69) is 0 Å². The van der Waals surface area contributed by atoms with E-state index >= 15 is 0 Å². The number of esters is 4. The number of hydrogen-bond acceptors (Lipinski definition) is 10. The molecule has 4 heterocycles. The second-order valence-corrected chi connectivity index (χ2v) is 11.2. The number of ether oxygens (including phenoxy) is 5. The molecule has 2 aliphatic carbocycles. The fraction of sp³-hybridized carbons (Fsp3) is 0.818. The van der Waals surface area contributed by atoms with Crippen LogP contribution in [0, 0.1) is 28.1 Å². The highest BCUT2D eigenvalue weighted by Crippen LogP contribution is 2.84. The van der Waals surface area contributed by atoms with Crippen LogP contribution in [0.1, 0.15) is 47.5 Å². The van der Waals surface area contributed by atoms with Crippen molar-refractivity contribution < 1.29 is 48.0 Å². The molecule has 2 spiro atoms. The molecule has 174 valence electrons. The highest BCUT2D eigenvalue weighted by atomic mass is 16.8. The zero-order chi connectivity index (χ0) is 23.2. The third-order valence-electron chi connectivity index (χ3n) is 9.22. The SMILES string of the molecule is CC(=O)O[C@H]1C(=O)O[C@H]2O[C@]34C(=O)O[C@@H]5C[C@@H](C(C)(C)C)C21[C@@]53C[C@@H]1OC(=O)[C@@H](C)[C@@]14O. The summed E-state index contributed by atoms with van der Waals surface area (Å²) < 4.78 is 28.9. The van der Waals surface area contributed by atoms with E-state index in [0.29, 0.717) is 6.42 Å². The quantitative estimate of drug-likeness (QED) is 0.437. The minimum Gasteiger partial charge on any atom is -0.459 e. The van der Waals surface area contributed by atoms with Crippen LogP contribution in [0.4, 0.5) is 0 Å². The van der Waals surface area contributed by atoms with E-state index in [9.17, 15) is 24.3 Å². The fourth-order valence-electron chi connectivity index (χ4n) is 8.35. The maximum atomic E-state index is 13.5. The molecule has 0 amide bonds. The largest absolute Gasteiger partial charge is 0.459 e. The Morgan fingerprint density at radius 2 is 1.78 bits per heavy atom. The summed E-state index contributed by atoms with van der Waals surface area (Å²) in [4.78, 5) is 51.0. The zero-order valence-electron chi connectivity index (χ0n) is 18.5. The lowest BCUT2D eigenvalue weighted by Gasteiger charge is -2.47. The summed E-state index contributed by atoms with van der Waals surface area (Å²) in [6, 6.07) is 0. The van der Waals surface area contributed by atoms with Gasteiger partial charge in [-0.1, -0.05) is 20.8 Å². The number of carbonyl (C=O) groups excluding carboxylic acids is 4. The fourth-order valence-corrected chi connectivity index (χ4v) is 8.35. The molecule has 32 heavy (non-hydrogen) atoms. The summed E-state index contributed by atoms with van der Waals surface area (Å²) in [6.45, 7) is 8.66. The van der Waals surface area contributed by atoms with Crippen molar-refractivity contribution >= 4 is 23.9 Å². The van der Waals surface area contributed by atoms with Crippen LogP contribution in [-0.2, 0) is 42.9 Å². The molecule has 6 rings (SSSR count). The van der Waals surface area contributed by atoms with E-state index in [4.69, 9.17) is 23.7 Å². The van der Waals surface area contributed by atoms with Crippen LogP contribution in [0.5, 0.6) is 0 Å². The van der Waals surface area contributed by atoms with E-state index in [1.807, 2.05) is 20.8 Å². The molecule has 10 heteroatoms. The summed E-state index contributed by atoms with van der Waals surface area (Å²) in [5.41, 5.74) is -6.99. The highest BCUT2D eigenvalue weighted by Gasteiger charge is 3.01. The zero-order valence-corrected chi connectivity index (χ0v) is 18.5. The van der Waals surface area contributed by atoms with Gasteiger partial charge in [0.2, 0.25) is 18.0 Å². The van der Waals surface area contributed by atoms with E-state index in [-0.39, 0.29) is 12.3 Å². The van der Waals surface area contributed by atoms with Gasteiger partial charge < -0.3 is 28.8 Å². The standard InChI is InChI=1S/C22H26O10/c1-8-14(24)29-12-7-19-11-6-10(18(3,4)5)20(19)13(28-9(2)23)15(25)31-17(20)32-22(19,16(26)30-11)21(8,12)27/h8,10-13,17,27H,6-7H2,1-5H3/t8-,10+,11-,12+,13+,17+,19-,20?,21-,22-/m1/s1. The Balaban J connectivity index is 1.67. The summed E-state index contributed by atoms with van der Waals surface area (Å²) in [5, 5.41) is 12.0. The van der Waals surface area contributed by atoms with Crippen LogP contribution in [0.2, 0.25) is 0 Å². The Morgan fingerprint density at radius 3 is 2.41 bits per heavy atom. The van der Waals surface area contributed by atoms with Crippen molar-refractivity contribution in [1.82, 2.24) is 0 Å². The molecule has 4 aliphatic heterocycles. The lowest BCUT2D eigenvalue weighted by atomic mass is 9.51. The van der Waals surface area contributed by atoms with Crippen molar-refractivity contribution in [2.24, 2.45) is 28.1 Å². The number of hydrogen-bond donors (Lipinski definition) is 1. The van der Waals surface area contributed by atoms with Crippen molar-refractivity contribution in [2.45, 2.75) is 83.3 Å². The van der Waals surface area contributed by atoms with Crippen LogP contribution < -0.4 is 0 Å². The van der Waals surface area contributed by atoms with Gasteiger partial charge in [-0.05, 0) is 24.7 Å². The predicted octanol–water partition coefficient (Wildman–Crippen LogP) is 0.231. The first-order valence-electron chi connectivity index (χ1n) is 11.0. The topological polar surface area (TPSA) is 135 Å². The van der Waals surface area contributed by atoms with Crippen LogP contribution in [-0.4, -0.2) is 64.8 Å². The van der Waals surface area contributed by atoms with Crippen molar-refractivity contribution in [3.05, 3.63) is 0 Å². The summed E-state index contributed by atoms with van der Waals surface area (Å²) in [6.07, 6.45) is -3.93. The average Bonchev–Trinajstić information content (AvgIpc) is 3.37. The maximum absolute atomic E-state index is 13.5. The minimum absolute atomic E-state index is 0.0352. The number of carbonyl (C=O) groups is 4. The van der Waals surface area contributed by atoms with Crippen LogP contribution in [0.15, 0.2) is 0 Å². The van der Waals surface area contributed by atoms with Crippen molar-refractivity contribution in [2.75, 3.05) is 0 Å². The number of fused-ring (bicyclic) bond motifs is 1. The summed E-state index contributed by atoms with van der Waals surface area (Å²) >= 11 is 0. The molecule has 10 nitrogen and oxygen atoms in total.